The molecule has 0 fully saturated rings. The van der Waals surface area contributed by atoms with E-state index in [0.717, 1.165) is 25.7 Å². The molecule has 0 saturated carbocycles. The highest BCUT2D eigenvalue weighted by atomic mass is 31.2. The zero-order valence-corrected chi connectivity index (χ0v) is 7.95. The summed E-state index contributed by atoms with van der Waals surface area (Å²) in [6, 6.07) is 0. The van der Waals surface area contributed by atoms with E-state index in [1.165, 1.54) is 0 Å². The maximum absolute atomic E-state index is 8.30. The minimum atomic E-state index is -2.12. The molecule has 0 heterocycles. The molecule has 0 bridgehead atoms. The molecule has 0 aliphatic carbocycles. The first-order chi connectivity index (χ1) is 5.65. The molecule has 6 N–H and O–H groups in total. The smallest absolute Gasteiger partial charge is 0.247 e. The largest absolute Gasteiger partial charge is 0.396 e. The maximum atomic E-state index is 8.30. The maximum Gasteiger partial charge on any atom is 0.247 e. The summed E-state index contributed by atoms with van der Waals surface area (Å²) in [6.45, 7) is 0.566. The summed E-state index contributed by atoms with van der Waals surface area (Å²) in [4.78, 5) is 14.9. The molecule has 0 atom stereocenters. The average Bonchev–Trinajstić information content (AvgIpc) is 1.97. The van der Waals surface area contributed by atoms with Crippen LogP contribution in [0, 0.1) is 0 Å². The molecule has 12 heavy (non-hydrogen) atoms. The molecule has 5 nitrogen and oxygen atoms in total. The Morgan fingerprint density at radius 2 is 1.08 bits per heavy atom. The molecule has 0 radical (unpaired) electrons. The lowest BCUT2D eigenvalue weighted by Crippen LogP contribution is -1.85. The van der Waals surface area contributed by atoms with Gasteiger partial charge in [0.2, 0.25) is 8.53 Å². The summed E-state index contributed by atoms with van der Waals surface area (Å²) < 4.78 is 0. The summed E-state index contributed by atoms with van der Waals surface area (Å²) in [7, 11) is -2.12. The molecule has 0 saturated heterocycles. The topological polar surface area (TPSA) is 107 Å². The average molecular weight is 199 g/mol. The van der Waals surface area contributed by atoms with Gasteiger partial charge in [0.15, 0.2) is 0 Å². The second-order valence-electron chi connectivity index (χ2n) is 2.18. The molecule has 0 aliphatic rings. The minimum absolute atomic E-state index is 0.283. The highest BCUT2D eigenvalue weighted by Gasteiger charge is 1.84. The van der Waals surface area contributed by atoms with E-state index in [4.69, 9.17) is 20.0 Å². The fourth-order valence-electron chi connectivity index (χ4n) is 0.577. The van der Waals surface area contributed by atoms with E-state index in [9.17, 15) is 0 Å². The van der Waals surface area contributed by atoms with Gasteiger partial charge in [-0.15, -0.1) is 0 Å². The van der Waals surface area contributed by atoms with Gasteiger partial charge in [-0.05, 0) is 12.8 Å². The lowest BCUT2D eigenvalue weighted by atomic mass is 10.2. The molecule has 0 aliphatic heterocycles. The van der Waals surface area contributed by atoms with Gasteiger partial charge in [0.1, 0.15) is 0 Å². The molecule has 6 heteroatoms. The Bertz CT molecular complexity index is 65.8. The van der Waals surface area contributed by atoms with Crippen molar-refractivity contribution in [2.45, 2.75) is 25.7 Å². The van der Waals surface area contributed by atoms with Crippen molar-refractivity contribution in [2.75, 3.05) is 13.2 Å². The normalized spacial score (nSPS) is 9.50. The van der Waals surface area contributed by atoms with Crippen molar-refractivity contribution < 1.29 is 20.0 Å². The minimum Gasteiger partial charge on any atom is -0.396 e. The number of aliphatic hydroxyl groups is 2. The highest BCUT2D eigenvalue weighted by Crippen LogP contribution is 2.05. The van der Waals surface area contributed by atoms with Crippen LogP contribution in [0.3, 0.4) is 0 Å². The van der Waals surface area contributed by atoms with Crippen molar-refractivity contribution in [2.24, 2.45) is 5.50 Å². The van der Waals surface area contributed by atoms with Gasteiger partial charge in [0, 0.05) is 13.2 Å². The van der Waals surface area contributed by atoms with Crippen LogP contribution in [0.4, 0.5) is 0 Å². The van der Waals surface area contributed by atoms with Crippen LogP contribution >= 0.6 is 8.53 Å². The Labute approximate surface area is 73.8 Å². The number of aliphatic hydroxyl groups excluding tert-OH is 2. The fraction of sp³-hybridized carbons (Fsp3) is 1.00. The summed E-state index contributed by atoms with van der Waals surface area (Å²) in [6.07, 6.45) is 3.83. The van der Waals surface area contributed by atoms with Gasteiger partial charge in [-0.1, -0.05) is 12.8 Å². The molecular weight excluding hydrogens is 181 g/mol. The highest BCUT2D eigenvalue weighted by molar-refractivity contribution is 7.42. The molecule has 0 unspecified atom stereocenters. The molecule has 0 aromatic rings. The number of hydrogen-bond donors (Lipinski definition) is 5. The number of rotatable bonds is 5. The van der Waals surface area contributed by atoms with E-state index in [1.807, 2.05) is 0 Å². The van der Waals surface area contributed by atoms with Crippen LogP contribution in [0.2, 0.25) is 0 Å². The van der Waals surface area contributed by atoms with E-state index in [-0.39, 0.29) is 13.2 Å². The summed E-state index contributed by atoms with van der Waals surface area (Å²) in [5.41, 5.74) is 4.29. The number of nitrogens with two attached hydrogens (primary N) is 1. The van der Waals surface area contributed by atoms with Gasteiger partial charge in [0.05, 0.1) is 0 Å². The molecule has 0 aromatic carbocycles. The van der Waals surface area contributed by atoms with Gasteiger partial charge in [-0.2, -0.15) is 0 Å². The van der Waals surface area contributed by atoms with Gasteiger partial charge in [0.25, 0.3) is 0 Å². The van der Waals surface area contributed by atoms with Crippen molar-refractivity contribution in [3.63, 3.8) is 0 Å². The SMILES string of the molecule is NP(O)O.OCCCCCCO. The van der Waals surface area contributed by atoms with E-state index >= 15 is 0 Å². The third kappa shape index (κ3) is 31.9. The molecular formula is C6H18NO4P. The lowest BCUT2D eigenvalue weighted by Gasteiger charge is -1.93. The quantitative estimate of drug-likeness (QED) is 0.308. The van der Waals surface area contributed by atoms with Crippen molar-refractivity contribution >= 4 is 8.53 Å². The molecule has 0 amide bonds. The predicted molar refractivity (Wildman–Crippen MR) is 48.2 cm³/mol. The summed E-state index contributed by atoms with van der Waals surface area (Å²) >= 11 is 0. The van der Waals surface area contributed by atoms with Crippen LogP contribution in [-0.2, 0) is 0 Å². The lowest BCUT2D eigenvalue weighted by molar-refractivity contribution is 0.265. The number of unbranched alkanes of at least 4 members (excludes halogenated alkanes) is 3. The Kier molecular flexibility index (Phi) is 16.9. The summed E-state index contributed by atoms with van der Waals surface area (Å²) in [5, 5.41) is 16.6. The molecule has 76 valence electrons. The zero-order chi connectivity index (χ0) is 9.82. The first-order valence-corrected chi connectivity index (χ1v) is 5.11. The van der Waals surface area contributed by atoms with Gasteiger partial charge < -0.3 is 20.0 Å². The predicted octanol–water partition coefficient (Wildman–Crippen LogP) is -0.312. The standard InChI is InChI=1S/C6H14O2.H4NO2P/c7-5-3-1-2-4-6-8;1-4(2)3/h7-8H,1-6H2;2-3H,1H2. The van der Waals surface area contributed by atoms with Crippen LogP contribution in [0.15, 0.2) is 0 Å². The summed E-state index contributed by atoms with van der Waals surface area (Å²) in [5.74, 6) is 0. The van der Waals surface area contributed by atoms with Crippen LogP contribution < -0.4 is 5.50 Å². The molecule has 0 spiro atoms. The van der Waals surface area contributed by atoms with Gasteiger partial charge in [-0.25, -0.2) is 0 Å². The van der Waals surface area contributed by atoms with Crippen molar-refractivity contribution in [1.29, 1.82) is 0 Å². The van der Waals surface area contributed by atoms with Crippen LogP contribution in [0.25, 0.3) is 0 Å². The Hall–Kier alpha value is 0.230. The zero-order valence-electron chi connectivity index (χ0n) is 7.06. The van der Waals surface area contributed by atoms with E-state index in [2.05, 4.69) is 5.50 Å². The Morgan fingerprint density at radius 3 is 1.25 bits per heavy atom. The van der Waals surface area contributed by atoms with Crippen molar-refractivity contribution in [1.82, 2.24) is 0 Å². The molecule has 0 aromatic heterocycles. The van der Waals surface area contributed by atoms with E-state index < -0.39 is 8.53 Å². The second kappa shape index (κ2) is 13.8. The van der Waals surface area contributed by atoms with E-state index in [0.29, 0.717) is 0 Å². The van der Waals surface area contributed by atoms with Gasteiger partial charge in [-0.3, -0.25) is 5.50 Å². The Balaban J connectivity index is 0. The monoisotopic (exact) mass is 199 g/mol. The van der Waals surface area contributed by atoms with Gasteiger partial charge >= 0.3 is 0 Å². The van der Waals surface area contributed by atoms with E-state index in [1.54, 1.807) is 0 Å². The Morgan fingerprint density at radius 1 is 0.833 bits per heavy atom. The first kappa shape index (κ1) is 14.7. The van der Waals surface area contributed by atoms with Crippen molar-refractivity contribution in [3.05, 3.63) is 0 Å². The third-order valence-electron chi connectivity index (χ3n) is 1.07. The van der Waals surface area contributed by atoms with Crippen LogP contribution in [0.1, 0.15) is 25.7 Å². The van der Waals surface area contributed by atoms with Crippen molar-refractivity contribution in [3.8, 4) is 0 Å². The second-order valence-corrected chi connectivity index (χ2v) is 2.82. The first-order valence-electron chi connectivity index (χ1n) is 3.79. The van der Waals surface area contributed by atoms with Crippen LogP contribution in [0.5, 0.6) is 0 Å². The fourth-order valence-corrected chi connectivity index (χ4v) is 0.577. The third-order valence-corrected chi connectivity index (χ3v) is 1.07. The number of hydrogen-bond acceptors (Lipinski definition) is 5. The van der Waals surface area contributed by atoms with Crippen LogP contribution in [-0.4, -0.2) is 33.2 Å². The molecule has 0 rings (SSSR count).